The number of nitrogens with zero attached hydrogens (tertiary/aromatic N) is 2. The van der Waals surface area contributed by atoms with Gasteiger partial charge in [-0.1, -0.05) is 30.3 Å². The molecule has 108 valence electrons. The molecular weight excluding hydrogens is 275 g/mol. The van der Waals surface area contributed by atoms with Crippen molar-refractivity contribution < 1.29 is 4.39 Å². The zero-order chi connectivity index (χ0) is 15.1. The molecule has 2 aromatic rings. The highest BCUT2D eigenvalue weighted by molar-refractivity contribution is 6.01. The quantitative estimate of drug-likeness (QED) is 0.510. The first-order valence-electron chi connectivity index (χ1n) is 7.41. The van der Waals surface area contributed by atoms with E-state index in [4.69, 9.17) is 4.98 Å². The molecule has 2 aromatic carbocycles. The summed E-state index contributed by atoms with van der Waals surface area (Å²) < 4.78 is 15.8. The third-order valence-corrected chi connectivity index (χ3v) is 4.05. The van der Waals surface area contributed by atoms with E-state index in [2.05, 4.69) is 29.8 Å². The monoisotopic (exact) mass is 290 g/mol. The summed E-state index contributed by atoms with van der Waals surface area (Å²) in [6, 6.07) is 16.9. The molecule has 2 aliphatic rings. The van der Waals surface area contributed by atoms with Gasteiger partial charge in [0.1, 0.15) is 5.82 Å². The first kappa shape index (κ1) is 13.0. The van der Waals surface area contributed by atoms with Gasteiger partial charge in [-0.3, -0.25) is 0 Å². The van der Waals surface area contributed by atoms with Gasteiger partial charge < -0.3 is 4.57 Å². The van der Waals surface area contributed by atoms with Crippen LogP contribution in [0.15, 0.2) is 60.8 Å². The number of para-hydroxylation sites is 1. The molecule has 0 saturated heterocycles. The van der Waals surface area contributed by atoms with Crippen molar-refractivity contribution in [3.8, 4) is 22.5 Å². The highest BCUT2D eigenvalue weighted by atomic mass is 19.1. The average molecular weight is 290 g/mol. The molecule has 0 spiro atoms. The number of aryl methyl sites for hydroxylation is 1. The first-order valence-corrected chi connectivity index (χ1v) is 7.41. The van der Waals surface area contributed by atoms with Crippen LogP contribution in [0.2, 0.25) is 0 Å². The normalized spacial score (nSPS) is 11.4. The van der Waals surface area contributed by atoms with Crippen LogP contribution in [0.1, 0.15) is 6.92 Å². The molecule has 22 heavy (non-hydrogen) atoms. The predicted octanol–water partition coefficient (Wildman–Crippen LogP) is 4.97. The number of benzene rings is 2. The van der Waals surface area contributed by atoms with Crippen molar-refractivity contribution in [3.63, 3.8) is 0 Å². The van der Waals surface area contributed by atoms with Crippen LogP contribution in [0, 0.1) is 5.82 Å². The van der Waals surface area contributed by atoms with Gasteiger partial charge in [0.2, 0.25) is 0 Å². The number of rotatable bonds is 2. The van der Waals surface area contributed by atoms with E-state index in [0.717, 1.165) is 40.0 Å². The molecule has 0 aliphatic carbocycles. The summed E-state index contributed by atoms with van der Waals surface area (Å²) in [7, 11) is 0. The highest BCUT2D eigenvalue weighted by Gasteiger charge is 2.19. The van der Waals surface area contributed by atoms with E-state index < -0.39 is 0 Å². The van der Waals surface area contributed by atoms with Crippen LogP contribution in [-0.2, 0) is 6.54 Å². The molecule has 0 unspecified atom stereocenters. The number of hydrogen-bond acceptors (Lipinski definition) is 1. The smallest absolute Gasteiger partial charge is 0.123 e. The molecule has 2 heterocycles. The molecular formula is C19H15FN2. The molecule has 0 amide bonds. The van der Waals surface area contributed by atoms with Gasteiger partial charge in [-0.25, -0.2) is 9.37 Å². The Bertz CT molecular complexity index is 939. The second-order valence-electron chi connectivity index (χ2n) is 5.35. The van der Waals surface area contributed by atoms with Crippen molar-refractivity contribution in [2.75, 3.05) is 0 Å². The lowest BCUT2D eigenvalue weighted by Crippen LogP contribution is -2.03. The Morgan fingerprint density at radius 1 is 1.05 bits per heavy atom. The lowest BCUT2D eigenvalue weighted by molar-refractivity contribution is 0.628. The standard InChI is InChI=1S/C19H15FN2/c1-2-22-11-10-16-15-8-3-4-9-17(15)21-18(16)19(22)13-6-5-7-14(20)12-13/h3-12H,2H2,1H3. The zero-order valence-electron chi connectivity index (χ0n) is 12.3. The van der Waals surface area contributed by atoms with E-state index >= 15 is 0 Å². The van der Waals surface area contributed by atoms with Gasteiger partial charge in [0.05, 0.1) is 16.9 Å². The summed E-state index contributed by atoms with van der Waals surface area (Å²) >= 11 is 0. The van der Waals surface area contributed by atoms with Crippen molar-refractivity contribution in [1.82, 2.24) is 9.55 Å². The molecule has 2 nitrogen and oxygen atoms in total. The van der Waals surface area contributed by atoms with E-state index in [1.807, 2.05) is 24.3 Å². The lowest BCUT2D eigenvalue weighted by Gasteiger charge is -2.16. The lowest BCUT2D eigenvalue weighted by atomic mass is 10.0. The maximum absolute atomic E-state index is 13.7. The predicted molar refractivity (Wildman–Crippen MR) is 87.4 cm³/mol. The molecule has 0 fully saturated rings. The Balaban J connectivity index is 2.09. The molecule has 3 heteroatoms. The Hall–Kier alpha value is -2.68. The van der Waals surface area contributed by atoms with Gasteiger partial charge in [0.15, 0.2) is 0 Å². The van der Waals surface area contributed by atoms with Crippen LogP contribution in [-0.4, -0.2) is 9.55 Å². The Morgan fingerprint density at radius 3 is 2.73 bits per heavy atom. The van der Waals surface area contributed by atoms with Crippen LogP contribution < -0.4 is 0 Å². The number of fused-ring (bicyclic) bond motifs is 3. The highest BCUT2D eigenvalue weighted by Crippen LogP contribution is 2.38. The molecule has 0 aromatic heterocycles. The van der Waals surface area contributed by atoms with Gasteiger partial charge in [-0.05, 0) is 31.2 Å². The molecule has 4 rings (SSSR count). The first-order chi connectivity index (χ1) is 10.8. The third kappa shape index (κ3) is 1.90. The van der Waals surface area contributed by atoms with Crippen molar-refractivity contribution in [3.05, 3.63) is 66.6 Å². The molecule has 0 saturated carbocycles. The van der Waals surface area contributed by atoms with Crippen molar-refractivity contribution in [1.29, 1.82) is 0 Å². The number of aromatic nitrogens is 2. The van der Waals surface area contributed by atoms with Crippen molar-refractivity contribution in [2.45, 2.75) is 13.5 Å². The van der Waals surface area contributed by atoms with Gasteiger partial charge in [0, 0.05) is 29.3 Å². The van der Waals surface area contributed by atoms with E-state index in [1.165, 1.54) is 6.07 Å². The summed E-state index contributed by atoms with van der Waals surface area (Å²) in [6.07, 6.45) is 2.05. The largest absolute Gasteiger partial charge is 0.346 e. The molecule has 0 bridgehead atoms. The minimum Gasteiger partial charge on any atom is -0.346 e. The van der Waals surface area contributed by atoms with Crippen molar-refractivity contribution in [2.24, 2.45) is 0 Å². The molecule has 0 N–H and O–H groups in total. The average Bonchev–Trinajstić information content (AvgIpc) is 2.92. The van der Waals surface area contributed by atoms with Crippen LogP contribution >= 0.6 is 0 Å². The van der Waals surface area contributed by atoms with Crippen LogP contribution in [0.4, 0.5) is 4.39 Å². The topological polar surface area (TPSA) is 17.8 Å². The van der Waals surface area contributed by atoms with E-state index in [9.17, 15) is 4.39 Å². The minimum absolute atomic E-state index is 0.228. The third-order valence-electron chi connectivity index (χ3n) is 4.05. The number of hydrogen-bond donors (Lipinski definition) is 0. The summed E-state index contributed by atoms with van der Waals surface area (Å²) in [5, 5.41) is 1.14. The second kappa shape index (κ2) is 4.95. The summed E-state index contributed by atoms with van der Waals surface area (Å²) in [4.78, 5) is 4.79. The number of halogens is 1. The summed E-state index contributed by atoms with van der Waals surface area (Å²) in [5.74, 6) is -0.228. The van der Waals surface area contributed by atoms with E-state index in [-0.39, 0.29) is 5.82 Å². The van der Waals surface area contributed by atoms with E-state index in [1.54, 1.807) is 12.1 Å². The SMILES string of the molecule is CCn1ccc2c3ccccc3nc-2c1-c1cccc(F)c1. The molecule has 2 aliphatic heterocycles. The summed E-state index contributed by atoms with van der Waals surface area (Å²) in [5.41, 5.74) is 4.84. The maximum atomic E-state index is 13.7. The van der Waals surface area contributed by atoms with Gasteiger partial charge in [-0.15, -0.1) is 0 Å². The molecule has 0 atom stereocenters. The number of pyridine rings is 1. The minimum atomic E-state index is -0.228. The van der Waals surface area contributed by atoms with Crippen LogP contribution in [0.25, 0.3) is 33.4 Å². The Morgan fingerprint density at radius 2 is 1.91 bits per heavy atom. The maximum Gasteiger partial charge on any atom is 0.123 e. The van der Waals surface area contributed by atoms with Gasteiger partial charge in [-0.2, -0.15) is 0 Å². The summed E-state index contributed by atoms with van der Waals surface area (Å²) in [6.45, 7) is 2.89. The van der Waals surface area contributed by atoms with Gasteiger partial charge in [0.25, 0.3) is 0 Å². The van der Waals surface area contributed by atoms with E-state index in [0.29, 0.717) is 0 Å². The Labute approximate surface area is 128 Å². The second-order valence-corrected chi connectivity index (χ2v) is 5.35. The van der Waals surface area contributed by atoms with Crippen molar-refractivity contribution >= 4 is 10.9 Å². The molecule has 0 radical (unpaired) electrons. The Kier molecular flexibility index (Phi) is 2.93. The van der Waals surface area contributed by atoms with Crippen LogP contribution in [0.3, 0.4) is 0 Å². The fourth-order valence-corrected chi connectivity index (χ4v) is 3.03. The fraction of sp³-hybridized carbons (Fsp3) is 0.105. The fourth-order valence-electron chi connectivity index (χ4n) is 3.03. The van der Waals surface area contributed by atoms with Gasteiger partial charge >= 0.3 is 0 Å². The zero-order valence-corrected chi connectivity index (χ0v) is 12.3. The van der Waals surface area contributed by atoms with Crippen LogP contribution in [0.5, 0.6) is 0 Å².